The lowest BCUT2D eigenvalue weighted by atomic mass is 10.1. The summed E-state index contributed by atoms with van der Waals surface area (Å²) < 4.78 is 30.5. The van der Waals surface area contributed by atoms with Crippen molar-refractivity contribution in [2.24, 2.45) is 0 Å². The molecule has 3 aromatic rings. The number of carbonyl (C=O) groups excluding carboxylic acids is 1. The van der Waals surface area contributed by atoms with E-state index in [2.05, 4.69) is 4.57 Å². The summed E-state index contributed by atoms with van der Waals surface area (Å²) in [6.45, 7) is 0.307. The van der Waals surface area contributed by atoms with E-state index in [0.717, 1.165) is 18.4 Å². The predicted molar refractivity (Wildman–Crippen MR) is 111 cm³/mol. The van der Waals surface area contributed by atoms with Crippen LogP contribution in [0.1, 0.15) is 25.3 Å². The molecule has 3 heterocycles. The molecule has 1 unspecified atom stereocenters. The summed E-state index contributed by atoms with van der Waals surface area (Å²) in [5, 5.41) is 0.464. The van der Waals surface area contributed by atoms with E-state index in [9.17, 15) is 18.4 Å². The summed E-state index contributed by atoms with van der Waals surface area (Å²) in [6.07, 6.45) is 4.93. The number of benzene rings is 1. The SMILES string of the molecule is O=C(Cn1ccc2c(c(-c3ccc(F)c(Cl)c3)cn2C2CC2)c1=O)N1CCC(F)C1. The van der Waals surface area contributed by atoms with Gasteiger partial charge in [-0.25, -0.2) is 8.78 Å². The zero-order chi connectivity index (χ0) is 21.0. The van der Waals surface area contributed by atoms with Crippen molar-refractivity contribution in [1.29, 1.82) is 0 Å². The van der Waals surface area contributed by atoms with Gasteiger partial charge < -0.3 is 14.0 Å². The molecular weight excluding hydrogens is 412 g/mol. The van der Waals surface area contributed by atoms with Crippen molar-refractivity contribution in [3.63, 3.8) is 0 Å². The van der Waals surface area contributed by atoms with Crippen LogP contribution in [0.25, 0.3) is 22.0 Å². The molecule has 1 atom stereocenters. The van der Waals surface area contributed by atoms with Gasteiger partial charge in [-0.3, -0.25) is 9.59 Å². The van der Waals surface area contributed by atoms with Crippen LogP contribution in [0.5, 0.6) is 0 Å². The van der Waals surface area contributed by atoms with Crippen LogP contribution in [0.15, 0.2) is 41.5 Å². The Kier molecular flexibility index (Phi) is 4.65. The Morgan fingerprint density at radius 1 is 1.20 bits per heavy atom. The highest BCUT2D eigenvalue weighted by molar-refractivity contribution is 6.31. The first-order chi connectivity index (χ1) is 14.4. The highest BCUT2D eigenvalue weighted by atomic mass is 35.5. The average Bonchev–Trinajstić information content (AvgIpc) is 3.35. The van der Waals surface area contributed by atoms with Gasteiger partial charge in [-0.1, -0.05) is 17.7 Å². The zero-order valence-corrected chi connectivity index (χ0v) is 16.9. The van der Waals surface area contributed by atoms with Crippen LogP contribution in [-0.4, -0.2) is 39.2 Å². The maximum Gasteiger partial charge on any atom is 0.261 e. The van der Waals surface area contributed by atoms with Gasteiger partial charge >= 0.3 is 0 Å². The molecule has 0 N–H and O–H groups in total. The standard InChI is InChI=1S/C22H20ClF2N3O2/c23-17-9-13(1-4-18(17)25)16-11-28(15-2-3-15)19-6-8-27(22(30)21(16)19)12-20(29)26-7-5-14(24)10-26/h1,4,6,8-9,11,14-15H,2-3,5,7,10,12H2. The number of hydrogen-bond acceptors (Lipinski definition) is 2. The highest BCUT2D eigenvalue weighted by Crippen LogP contribution is 2.41. The molecule has 1 aromatic carbocycles. The van der Waals surface area contributed by atoms with E-state index in [1.807, 2.05) is 12.3 Å². The van der Waals surface area contributed by atoms with Crippen LogP contribution in [0.4, 0.5) is 8.78 Å². The van der Waals surface area contributed by atoms with E-state index in [1.165, 1.54) is 21.6 Å². The minimum absolute atomic E-state index is 0.0129. The number of nitrogens with zero attached hydrogens (tertiary/aromatic N) is 3. The van der Waals surface area contributed by atoms with Crippen molar-refractivity contribution < 1.29 is 13.6 Å². The first kappa shape index (κ1) is 19.3. The van der Waals surface area contributed by atoms with Crippen molar-refractivity contribution in [3.8, 4) is 11.1 Å². The largest absolute Gasteiger partial charge is 0.344 e. The lowest BCUT2D eigenvalue weighted by molar-refractivity contribution is -0.131. The van der Waals surface area contributed by atoms with Crippen LogP contribution >= 0.6 is 11.6 Å². The van der Waals surface area contributed by atoms with Crippen LogP contribution in [0, 0.1) is 5.82 Å². The van der Waals surface area contributed by atoms with Gasteiger partial charge in [0.05, 0.1) is 22.5 Å². The summed E-state index contributed by atoms with van der Waals surface area (Å²) in [5.74, 6) is -0.796. The molecule has 0 bridgehead atoms. The van der Waals surface area contributed by atoms with Crippen molar-refractivity contribution in [2.45, 2.75) is 38.0 Å². The number of alkyl halides is 1. The molecule has 1 saturated carbocycles. The molecule has 1 saturated heterocycles. The van der Waals surface area contributed by atoms with E-state index in [-0.39, 0.29) is 29.6 Å². The number of aromatic nitrogens is 2. The first-order valence-corrected chi connectivity index (χ1v) is 10.4. The molecule has 1 amide bonds. The molecule has 2 fully saturated rings. The second kappa shape index (κ2) is 7.23. The van der Waals surface area contributed by atoms with E-state index < -0.39 is 12.0 Å². The fraction of sp³-hybridized carbons (Fsp3) is 0.364. The van der Waals surface area contributed by atoms with Gasteiger partial charge in [-0.15, -0.1) is 0 Å². The van der Waals surface area contributed by atoms with Crippen LogP contribution in [-0.2, 0) is 11.3 Å². The maximum absolute atomic E-state index is 13.7. The first-order valence-electron chi connectivity index (χ1n) is 10.0. The van der Waals surface area contributed by atoms with Gasteiger partial charge in [0, 0.05) is 30.5 Å². The van der Waals surface area contributed by atoms with Crippen molar-refractivity contribution in [3.05, 3.63) is 57.9 Å². The molecule has 5 nitrogen and oxygen atoms in total. The molecule has 0 spiro atoms. The van der Waals surface area contributed by atoms with E-state index in [4.69, 9.17) is 11.6 Å². The fourth-order valence-corrected chi connectivity index (χ4v) is 4.34. The van der Waals surface area contributed by atoms with E-state index >= 15 is 0 Å². The summed E-state index contributed by atoms with van der Waals surface area (Å²) in [4.78, 5) is 27.3. The molecule has 1 aliphatic carbocycles. The Balaban J connectivity index is 1.60. The topological polar surface area (TPSA) is 47.2 Å². The number of hydrogen-bond donors (Lipinski definition) is 0. The molecular formula is C22H20ClF2N3O2. The molecule has 0 radical (unpaired) electrons. The number of amides is 1. The summed E-state index contributed by atoms with van der Waals surface area (Å²) in [7, 11) is 0. The smallest absolute Gasteiger partial charge is 0.261 e. The molecule has 2 aliphatic rings. The lowest BCUT2D eigenvalue weighted by Crippen LogP contribution is -2.35. The van der Waals surface area contributed by atoms with Gasteiger partial charge in [0.1, 0.15) is 18.5 Å². The number of pyridine rings is 1. The van der Waals surface area contributed by atoms with Crippen molar-refractivity contribution >= 4 is 28.4 Å². The zero-order valence-electron chi connectivity index (χ0n) is 16.2. The number of carbonyl (C=O) groups is 1. The highest BCUT2D eigenvalue weighted by Gasteiger charge is 2.29. The van der Waals surface area contributed by atoms with E-state index in [0.29, 0.717) is 35.5 Å². The second-order valence-electron chi connectivity index (χ2n) is 8.04. The predicted octanol–water partition coefficient (Wildman–Crippen LogP) is 4.17. The van der Waals surface area contributed by atoms with Gasteiger partial charge in [-0.2, -0.15) is 0 Å². The Morgan fingerprint density at radius 2 is 2.00 bits per heavy atom. The second-order valence-corrected chi connectivity index (χ2v) is 8.45. The van der Waals surface area contributed by atoms with Gasteiger partial charge in [-0.05, 0) is 43.0 Å². The summed E-state index contributed by atoms with van der Waals surface area (Å²) in [5.41, 5.74) is 1.79. The maximum atomic E-state index is 13.7. The summed E-state index contributed by atoms with van der Waals surface area (Å²) >= 11 is 5.98. The molecule has 5 rings (SSSR count). The molecule has 2 aromatic heterocycles. The minimum atomic E-state index is -1.00. The Labute approximate surface area is 176 Å². The fourth-order valence-electron chi connectivity index (χ4n) is 4.16. The Hall–Kier alpha value is -2.67. The molecule has 30 heavy (non-hydrogen) atoms. The van der Waals surface area contributed by atoms with Gasteiger partial charge in [0.2, 0.25) is 5.91 Å². The number of likely N-dealkylation sites (tertiary alicyclic amines) is 1. The average molecular weight is 432 g/mol. The summed E-state index contributed by atoms with van der Waals surface area (Å²) in [6, 6.07) is 6.56. The monoisotopic (exact) mass is 431 g/mol. The normalized spacial score (nSPS) is 19.0. The van der Waals surface area contributed by atoms with Crippen LogP contribution in [0.3, 0.4) is 0 Å². The third-order valence-electron chi connectivity index (χ3n) is 5.92. The third kappa shape index (κ3) is 3.31. The van der Waals surface area contributed by atoms with E-state index in [1.54, 1.807) is 12.3 Å². The van der Waals surface area contributed by atoms with Crippen molar-refractivity contribution in [1.82, 2.24) is 14.0 Å². The number of fused-ring (bicyclic) bond motifs is 1. The van der Waals surface area contributed by atoms with Gasteiger partial charge in [0.15, 0.2) is 0 Å². The lowest BCUT2D eigenvalue weighted by Gasteiger charge is -2.16. The Bertz CT molecular complexity index is 1220. The number of rotatable bonds is 4. The van der Waals surface area contributed by atoms with Crippen molar-refractivity contribution in [2.75, 3.05) is 13.1 Å². The Morgan fingerprint density at radius 3 is 2.67 bits per heavy atom. The minimum Gasteiger partial charge on any atom is -0.344 e. The van der Waals surface area contributed by atoms with Gasteiger partial charge in [0.25, 0.3) is 5.56 Å². The molecule has 156 valence electrons. The molecule has 8 heteroatoms. The van der Waals surface area contributed by atoms with Crippen LogP contribution < -0.4 is 5.56 Å². The number of halogens is 3. The quantitative estimate of drug-likeness (QED) is 0.622. The third-order valence-corrected chi connectivity index (χ3v) is 6.21. The molecule has 1 aliphatic heterocycles. The van der Waals surface area contributed by atoms with Crippen LogP contribution in [0.2, 0.25) is 5.02 Å².